The number of unbranched alkanes of at least 4 members (excludes halogenated alkanes) is 14. The molecule has 0 unspecified atom stereocenters. The Kier molecular flexibility index (Phi) is 18.7. The van der Waals surface area contributed by atoms with Gasteiger partial charge in [0.15, 0.2) is 0 Å². The molecule has 0 spiro atoms. The van der Waals surface area contributed by atoms with Crippen LogP contribution >= 0.6 is 0 Å². The second-order valence-electron chi connectivity index (χ2n) is 8.59. The summed E-state index contributed by atoms with van der Waals surface area (Å²) in [6.07, 6.45) is 24.0. The lowest BCUT2D eigenvalue weighted by atomic mass is 10.1. The molecule has 151 valence electrons. The molecular weight excluding hydrogens is 302 g/mol. The molecule has 0 bridgehead atoms. The van der Waals surface area contributed by atoms with Crippen LogP contribution in [0.15, 0.2) is 0 Å². The first-order valence-electron chi connectivity index (χ1n) is 11.8. The van der Waals surface area contributed by atoms with Gasteiger partial charge in [-0.05, 0) is 39.0 Å². The van der Waals surface area contributed by atoms with Crippen molar-refractivity contribution < 1.29 is 4.48 Å². The molecule has 0 aromatic heterocycles. The maximum absolute atomic E-state index is 4.13. The Balaban J connectivity index is 3.66. The molecule has 25 heavy (non-hydrogen) atoms. The van der Waals surface area contributed by atoms with Crippen LogP contribution in [0.4, 0.5) is 0 Å². The van der Waals surface area contributed by atoms with Crippen LogP contribution in [0.2, 0.25) is 0 Å². The molecule has 0 amide bonds. The number of hydrogen-bond donors (Lipinski definition) is 0. The third kappa shape index (κ3) is 17.1. The summed E-state index contributed by atoms with van der Waals surface area (Å²) in [4.78, 5) is 0. The van der Waals surface area contributed by atoms with Crippen LogP contribution in [-0.4, -0.2) is 31.2 Å². The summed E-state index contributed by atoms with van der Waals surface area (Å²) < 4.78 is 1.27. The topological polar surface area (TPSA) is 0 Å². The minimum atomic E-state index is 1.09. The molecule has 1 nitrogen and oxygen atoms in total. The second-order valence-corrected chi connectivity index (χ2v) is 8.59. The standard InChI is InChI=1S/C24H51N/c1-5-8-10-12-14-16-18-20-23-25(4,22-7-3)24-21-19-17-15-13-11-9-6-2/h3,5-24H2,1-2,4H3/q+1. The van der Waals surface area contributed by atoms with Crippen molar-refractivity contribution in [3.05, 3.63) is 6.92 Å². The van der Waals surface area contributed by atoms with Crippen LogP contribution in [0.5, 0.6) is 0 Å². The maximum Gasteiger partial charge on any atom is 0.0784 e. The minimum absolute atomic E-state index is 1.09. The van der Waals surface area contributed by atoms with Gasteiger partial charge in [0.2, 0.25) is 0 Å². The Morgan fingerprint density at radius 1 is 0.480 bits per heavy atom. The Hall–Kier alpha value is -0.0400. The molecule has 0 N–H and O–H groups in total. The van der Waals surface area contributed by atoms with Crippen molar-refractivity contribution in [2.75, 3.05) is 26.7 Å². The molecule has 0 aliphatic rings. The highest BCUT2D eigenvalue weighted by atomic mass is 15.3. The van der Waals surface area contributed by atoms with E-state index in [-0.39, 0.29) is 0 Å². The average Bonchev–Trinajstić information content (AvgIpc) is 2.60. The van der Waals surface area contributed by atoms with Crippen molar-refractivity contribution in [1.82, 2.24) is 0 Å². The van der Waals surface area contributed by atoms with Gasteiger partial charge in [-0.2, -0.15) is 0 Å². The molecule has 0 aromatic carbocycles. The molecule has 0 atom stereocenters. The van der Waals surface area contributed by atoms with E-state index in [1.54, 1.807) is 0 Å². The third-order valence-corrected chi connectivity index (χ3v) is 5.80. The number of hydrogen-bond acceptors (Lipinski definition) is 0. The van der Waals surface area contributed by atoms with E-state index in [1.807, 2.05) is 0 Å². The van der Waals surface area contributed by atoms with Crippen molar-refractivity contribution in [3.63, 3.8) is 0 Å². The lowest BCUT2D eigenvalue weighted by Gasteiger charge is -2.34. The molecule has 0 aliphatic carbocycles. The Morgan fingerprint density at radius 3 is 1.12 bits per heavy atom. The van der Waals surface area contributed by atoms with Gasteiger partial charge in [-0.1, -0.05) is 90.9 Å². The van der Waals surface area contributed by atoms with Crippen molar-refractivity contribution >= 4 is 0 Å². The third-order valence-electron chi connectivity index (χ3n) is 5.80. The van der Waals surface area contributed by atoms with Crippen molar-refractivity contribution in [2.24, 2.45) is 0 Å². The van der Waals surface area contributed by atoms with Crippen molar-refractivity contribution in [3.8, 4) is 0 Å². The first-order valence-corrected chi connectivity index (χ1v) is 11.8. The quantitative estimate of drug-likeness (QED) is 0.154. The number of nitrogens with zero attached hydrogens (tertiary/aromatic N) is 1. The van der Waals surface area contributed by atoms with E-state index in [0.29, 0.717) is 0 Å². The van der Waals surface area contributed by atoms with Crippen LogP contribution in [-0.2, 0) is 0 Å². The predicted octanol–water partition coefficient (Wildman–Crippen LogP) is 7.94. The van der Waals surface area contributed by atoms with E-state index in [2.05, 4.69) is 27.8 Å². The summed E-state index contributed by atoms with van der Waals surface area (Å²) in [6, 6.07) is 0. The van der Waals surface area contributed by atoms with Gasteiger partial charge >= 0.3 is 0 Å². The first kappa shape index (κ1) is 25.0. The van der Waals surface area contributed by atoms with Crippen molar-refractivity contribution in [2.45, 2.75) is 123 Å². The maximum atomic E-state index is 4.13. The minimum Gasteiger partial charge on any atom is -0.326 e. The summed E-state index contributed by atoms with van der Waals surface area (Å²) in [6.45, 7) is 12.7. The fourth-order valence-electron chi connectivity index (χ4n) is 3.97. The summed E-state index contributed by atoms with van der Waals surface area (Å²) in [5, 5.41) is 0. The Bertz CT molecular complexity index is 228. The van der Waals surface area contributed by atoms with Gasteiger partial charge in [-0.15, -0.1) is 0 Å². The largest absolute Gasteiger partial charge is 0.326 e. The predicted molar refractivity (Wildman–Crippen MR) is 116 cm³/mol. The van der Waals surface area contributed by atoms with E-state index in [0.717, 1.165) is 6.42 Å². The summed E-state index contributed by atoms with van der Waals surface area (Å²) in [7, 11) is 2.48. The molecule has 0 rings (SSSR count). The van der Waals surface area contributed by atoms with E-state index in [1.165, 1.54) is 127 Å². The van der Waals surface area contributed by atoms with Crippen LogP contribution < -0.4 is 0 Å². The summed E-state index contributed by atoms with van der Waals surface area (Å²) >= 11 is 0. The van der Waals surface area contributed by atoms with E-state index < -0.39 is 0 Å². The molecule has 0 aromatic rings. The molecule has 0 saturated carbocycles. The molecule has 0 heterocycles. The number of quaternary nitrogens is 1. The highest BCUT2D eigenvalue weighted by Crippen LogP contribution is 2.15. The van der Waals surface area contributed by atoms with E-state index >= 15 is 0 Å². The normalized spacial score (nSPS) is 12.0. The van der Waals surface area contributed by atoms with Crippen molar-refractivity contribution in [1.29, 1.82) is 0 Å². The van der Waals surface area contributed by atoms with Gasteiger partial charge in [0, 0.05) is 0 Å². The smallest absolute Gasteiger partial charge is 0.0784 e. The lowest BCUT2D eigenvalue weighted by molar-refractivity contribution is -0.909. The van der Waals surface area contributed by atoms with Crippen LogP contribution in [0.1, 0.15) is 123 Å². The number of rotatable bonds is 20. The van der Waals surface area contributed by atoms with Crippen LogP contribution in [0, 0.1) is 6.92 Å². The summed E-state index contributed by atoms with van der Waals surface area (Å²) in [5.74, 6) is 0. The highest BCUT2D eigenvalue weighted by Gasteiger charge is 2.19. The van der Waals surface area contributed by atoms with Gasteiger partial charge in [-0.3, -0.25) is 0 Å². The molecule has 0 aliphatic heterocycles. The van der Waals surface area contributed by atoms with Gasteiger partial charge in [0.1, 0.15) is 0 Å². The SMILES string of the molecule is [CH2]CC[N+](C)(CCCCCCCCCC)CCCCCCCCCC. The molecular formula is C24H51N+. The second kappa shape index (κ2) is 18.7. The monoisotopic (exact) mass is 353 g/mol. The van der Waals surface area contributed by atoms with Gasteiger partial charge < -0.3 is 4.48 Å². The zero-order valence-electron chi connectivity index (χ0n) is 18.3. The van der Waals surface area contributed by atoms with Crippen LogP contribution in [0.3, 0.4) is 0 Å². The highest BCUT2D eigenvalue weighted by molar-refractivity contribution is 4.51. The van der Waals surface area contributed by atoms with E-state index in [9.17, 15) is 0 Å². The summed E-state index contributed by atoms with van der Waals surface area (Å²) in [5.41, 5.74) is 0. The Morgan fingerprint density at radius 2 is 0.800 bits per heavy atom. The average molecular weight is 354 g/mol. The molecule has 1 radical (unpaired) electrons. The lowest BCUT2D eigenvalue weighted by Crippen LogP contribution is -2.46. The molecule has 0 fully saturated rings. The van der Waals surface area contributed by atoms with Crippen LogP contribution in [0.25, 0.3) is 0 Å². The zero-order valence-corrected chi connectivity index (χ0v) is 18.3. The Labute approximate surface area is 161 Å². The molecule has 1 heteroatoms. The fraction of sp³-hybridized carbons (Fsp3) is 0.958. The first-order chi connectivity index (χ1) is 12.2. The van der Waals surface area contributed by atoms with Gasteiger partial charge in [0.25, 0.3) is 0 Å². The van der Waals surface area contributed by atoms with Gasteiger partial charge in [0.05, 0.1) is 26.7 Å². The fourth-order valence-corrected chi connectivity index (χ4v) is 3.97. The van der Waals surface area contributed by atoms with E-state index in [4.69, 9.17) is 0 Å². The zero-order chi connectivity index (χ0) is 18.6. The molecule has 0 saturated heterocycles. The van der Waals surface area contributed by atoms with Gasteiger partial charge in [-0.25, -0.2) is 0 Å².